The Kier molecular flexibility index (Phi) is 3.19. The molecule has 1 saturated heterocycles. The molecule has 0 unspecified atom stereocenters. The number of carbonyl (C=O) groups excluding carboxylic acids is 1. The summed E-state index contributed by atoms with van der Waals surface area (Å²) >= 11 is 0. The summed E-state index contributed by atoms with van der Waals surface area (Å²) in [5.74, 6) is 0.222. The average molecular weight is 242 g/mol. The molecular formula is C11H16N2O4. The van der Waals surface area contributed by atoms with Gasteiger partial charge in [-0.25, -0.2) is 0 Å². The Hall–Kier alpha value is -1.37. The molecule has 3 atom stereocenters. The van der Waals surface area contributed by atoms with E-state index in [1.807, 2.05) is 0 Å². The minimum absolute atomic E-state index is 0.191. The lowest BCUT2D eigenvalue weighted by Gasteiger charge is -2.32. The molecule has 2 aliphatic rings. The number of nitrogens with zero attached hydrogens (tertiary/aromatic N) is 1. The third kappa shape index (κ3) is 2.19. The number of nitrogens with one attached hydrogen (secondary N) is 1. The predicted molar refractivity (Wildman–Crippen MR) is 59.2 cm³/mol. The molecule has 3 N–H and O–H groups in total. The monoisotopic (exact) mass is 242 g/mol. The first kappa shape index (κ1) is 12.1. The minimum Gasteiger partial charge on any atom is -0.394 e. The highest BCUT2D eigenvalue weighted by Crippen LogP contribution is 2.27. The first-order valence-electron chi connectivity index (χ1n) is 5.44. The second kappa shape index (κ2) is 4.48. The van der Waals surface area contributed by atoms with Crippen LogP contribution in [0.2, 0.25) is 0 Å². The molecule has 17 heavy (non-hydrogen) atoms. The van der Waals surface area contributed by atoms with Gasteiger partial charge in [-0.1, -0.05) is 6.58 Å². The lowest BCUT2D eigenvalue weighted by atomic mass is 10.1. The van der Waals surface area contributed by atoms with E-state index in [0.717, 1.165) is 0 Å². The van der Waals surface area contributed by atoms with Gasteiger partial charge in [-0.15, -0.1) is 0 Å². The van der Waals surface area contributed by atoms with Gasteiger partial charge in [-0.05, 0) is 6.92 Å². The molecule has 0 aromatic carbocycles. The van der Waals surface area contributed by atoms with Crippen molar-refractivity contribution >= 4 is 5.91 Å². The summed E-state index contributed by atoms with van der Waals surface area (Å²) in [6, 6.07) is 0. The minimum atomic E-state index is -0.705. The van der Waals surface area contributed by atoms with E-state index < -0.39 is 18.4 Å². The maximum Gasteiger partial charge on any atom is 0.253 e. The largest absolute Gasteiger partial charge is 0.394 e. The Morgan fingerprint density at radius 1 is 1.71 bits per heavy atom. The van der Waals surface area contributed by atoms with E-state index in [1.165, 1.54) is 0 Å². The Morgan fingerprint density at radius 2 is 2.41 bits per heavy atom. The third-order valence-electron chi connectivity index (χ3n) is 2.95. The molecular weight excluding hydrogens is 226 g/mol. The Bertz CT molecular complexity index is 380. The number of amides is 1. The Morgan fingerprint density at radius 3 is 3.00 bits per heavy atom. The van der Waals surface area contributed by atoms with Crippen molar-refractivity contribution in [3.8, 4) is 0 Å². The van der Waals surface area contributed by atoms with Gasteiger partial charge < -0.3 is 25.2 Å². The maximum atomic E-state index is 11.4. The number of carbonyl (C=O) groups is 1. The van der Waals surface area contributed by atoms with E-state index >= 15 is 0 Å². The summed E-state index contributed by atoms with van der Waals surface area (Å²) in [7, 11) is 0. The lowest BCUT2D eigenvalue weighted by Crippen LogP contribution is -2.42. The SMILES string of the molecule is C=C1NC(=[18O])C(C)=CN1[C@H]1C[C@@H](O)[C@@H](CO)O1. The topological polar surface area (TPSA) is 82.0 Å². The van der Waals surface area contributed by atoms with Crippen LogP contribution in [0, 0.1) is 0 Å². The molecule has 0 bridgehead atoms. The van der Waals surface area contributed by atoms with Gasteiger partial charge in [0.05, 0.1) is 12.7 Å². The molecule has 0 spiro atoms. The Labute approximate surface area is 99.2 Å². The average Bonchev–Trinajstić information content (AvgIpc) is 2.65. The number of hydrogen-bond donors (Lipinski definition) is 3. The van der Waals surface area contributed by atoms with Crippen molar-refractivity contribution in [2.75, 3.05) is 6.61 Å². The molecule has 0 aliphatic carbocycles. The molecule has 2 rings (SSSR count). The van der Waals surface area contributed by atoms with E-state index in [1.54, 1.807) is 18.0 Å². The van der Waals surface area contributed by atoms with E-state index in [0.29, 0.717) is 17.8 Å². The summed E-state index contributed by atoms with van der Waals surface area (Å²) in [6.45, 7) is 5.18. The summed E-state index contributed by atoms with van der Waals surface area (Å²) in [5.41, 5.74) is 0.544. The van der Waals surface area contributed by atoms with E-state index in [-0.39, 0.29) is 12.5 Å². The summed E-state index contributed by atoms with van der Waals surface area (Å²) in [4.78, 5) is 13.0. The van der Waals surface area contributed by atoms with Crippen LogP contribution < -0.4 is 5.32 Å². The van der Waals surface area contributed by atoms with Crippen molar-refractivity contribution in [1.82, 2.24) is 10.2 Å². The Balaban J connectivity index is 2.13. The first-order valence-corrected chi connectivity index (χ1v) is 5.44. The smallest absolute Gasteiger partial charge is 0.253 e. The van der Waals surface area contributed by atoms with Gasteiger partial charge >= 0.3 is 0 Å². The number of hydrogen-bond acceptors (Lipinski definition) is 5. The highest BCUT2D eigenvalue weighted by Gasteiger charge is 2.38. The first-order chi connectivity index (χ1) is 8.02. The van der Waals surface area contributed by atoms with Gasteiger partial charge in [0, 0.05) is 18.2 Å². The van der Waals surface area contributed by atoms with E-state index in [4.69, 9.17) is 9.84 Å². The zero-order chi connectivity index (χ0) is 12.6. The van der Waals surface area contributed by atoms with Crippen LogP contribution in [0.25, 0.3) is 0 Å². The lowest BCUT2D eigenvalue weighted by molar-refractivity contribution is -0.118. The molecule has 0 aromatic heterocycles. The molecule has 2 heterocycles. The van der Waals surface area contributed by atoms with Crippen LogP contribution in [0.5, 0.6) is 0 Å². The van der Waals surface area contributed by atoms with Gasteiger partial charge in [-0.3, -0.25) is 4.79 Å². The highest BCUT2D eigenvalue weighted by molar-refractivity contribution is 5.94. The number of aliphatic hydroxyl groups excluding tert-OH is 2. The van der Waals surface area contributed by atoms with Crippen molar-refractivity contribution in [2.45, 2.75) is 31.8 Å². The summed E-state index contributed by atoms with van der Waals surface area (Å²) in [6.07, 6.45) is 0.302. The predicted octanol–water partition coefficient (Wildman–Crippen LogP) is -0.739. The fourth-order valence-electron chi connectivity index (χ4n) is 1.95. The second-order valence-corrected chi connectivity index (χ2v) is 4.24. The van der Waals surface area contributed by atoms with Crippen LogP contribution in [-0.2, 0) is 9.53 Å². The fourth-order valence-corrected chi connectivity index (χ4v) is 1.95. The number of rotatable bonds is 2. The van der Waals surface area contributed by atoms with Gasteiger partial charge in [0.15, 0.2) is 0 Å². The standard InChI is InChI=1S/C11H16N2O4/c1-6-4-13(7(2)12-11(6)16)10-3-8(15)9(5-14)17-10/h4,8-10,14-15H,2-3,5H2,1H3,(H,12,16)/t8-,9-,10-/m1/s1/i16+2. The maximum absolute atomic E-state index is 11.4. The molecule has 6 heteroatoms. The second-order valence-electron chi connectivity index (χ2n) is 4.24. The van der Waals surface area contributed by atoms with E-state index in [9.17, 15) is 9.90 Å². The normalized spacial score (nSPS) is 33.7. The van der Waals surface area contributed by atoms with Crippen LogP contribution >= 0.6 is 0 Å². The number of aliphatic hydroxyl groups is 2. The fraction of sp³-hybridized carbons (Fsp3) is 0.545. The molecule has 1 amide bonds. The molecule has 2 aliphatic heterocycles. The molecule has 0 saturated carbocycles. The summed E-state index contributed by atoms with van der Waals surface area (Å²) in [5, 5.41) is 21.2. The summed E-state index contributed by atoms with van der Waals surface area (Å²) < 4.78 is 5.49. The van der Waals surface area contributed by atoms with Crippen LogP contribution in [-0.4, -0.2) is 46.1 Å². The van der Waals surface area contributed by atoms with Gasteiger partial charge in [0.2, 0.25) is 0 Å². The molecule has 0 radical (unpaired) electrons. The van der Waals surface area contributed by atoms with Gasteiger partial charge in [-0.2, -0.15) is 0 Å². The molecule has 1 fully saturated rings. The van der Waals surface area contributed by atoms with Crippen LogP contribution in [0.15, 0.2) is 24.2 Å². The van der Waals surface area contributed by atoms with Crippen LogP contribution in [0.1, 0.15) is 13.3 Å². The van der Waals surface area contributed by atoms with Gasteiger partial charge in [0.25, 0.3) is 5.91 Å². The van der Waals surface area contributed by atoms with Crippen LogP contribution in [0.3, 0.4) is 0 Å². The highest BCUT2D eigenvalue weighted by atomic mass is 18.1. The molecule has 0 aromatic rings. The zero-order valence-electron chi connectivity index (χ0n) is 9.59. The quantitative estimate of drug-likeness (QED) is 0.556. The van der Waals surface area contributed by atoms with Gasteiger partial charge in [0.1, 0.15) is 18.2 Å². The number of ether oxygens (including phenoxy) is 1. The van der Waals surface area contributed by atoms with Crippen LogP contribution in [0.4, 0.5) is 0 Å². The van der Waals surface area contributed by atoms with Crippen molar-refractivity contribution in [1.29, 1.82) is 0 Å². The zero-order valence-corrected chi connectivity index (χ0v) is 9.59. The van der Waals surface area contributed by atoms with Crippen molar-refractivity contribution in [3.05, 3.63) is 24.2 Å². The van der Waals surface area contributed by atoms with E-state index in [2.05, 4.69) is 11.9 Å². The van der Waals surface area contributed by atoms with Crippen molar-refractivity contribution in [2.24, 2.45) is 0 Å². The molecule has 6 nitrogen and oxygen atoms in total. The van der Waals surface area contributed by atoms with Crippen molar-refractivity contribution in [3.63, 3.8) is 0 Å². The van der Waals surface area contributed by atoms with Crippen molar-refractivity contribution < 1.29 is 19.7 Å². The molecule has 94 valence electrons. The third-order valence-corrected chi connectivity index (χ3v) is 2.95.